The molecular weight excluding hydrogens is 368 g/mol. The third kappa shape index (κ3) is 4.32. The third-order valence-corrected chi connectivity index (χ3v) is 4.43. The van der Waals surface area contributed by atoms with Gasteiger partial charge in [0, 0.05) is 18.3 Å². The average Bonchev–Trinajstić information content (AvgIpc) is 2.97. The second-order valence-electron chi connectivity index (χ2n) is 6.49. The van der Waals surface area contributed by atoms with Crippen molar-refractivity contribution in [3.63, 3.8) is 0 Å². The summed E-state index contributed by atoms with van der Waals surface area (Å²) in [6, 6.07) is 14.4. The van der Waals surface area contributed by atoms with E-state index in [1.165, 1.54) is 11.0 Å². The van der Waals surface area contributed by atoms with Crippen molar-refractivity contribution in [3.05, 3.63) is 72.4 Å². The maximum absolute atomic E-state index is 13.0. The standard InChI is InChI=1S/C23H24N2O4/c1-4-13-25-22(26)20(16-9-11-18(28-3)12-10-16)21(23(25)27)24-17-7-6-8-19(15-17)29-14-5-2/h4,6-12,15,24H,1,5,13-14H2,2-3H3. The van der Waals surface area contributed by atoms with Crippen molar-refractivity contribution in [2.24, 2.45) is 0 Å². The van der Waals surface area contributed by atoms with Crippen LogP contribution in [0.5, 0.6) is 11.5 Å². The van der Waals surface area contributed by atoms with Crippen LogP contribution in [0.25, 0.3) is 5.57 Å². The second kappa shape index (κ2) is 9.10. The topological polar surface area (TPSA) is 67.9 Å². The summed E-state index contributed by atoms with van der Waals surface area (Å²) in [5.74, 6) is 0.620. The van der Waals surface area contributed by atoms with E-state index in [-0.39, 0.29) is 24.1 Å². The lowest BCUT2D eigenvalue weighted by atomic mass is 10.0. The summed E-state index contributed by atoms with van der Waals surface area (Å²) in [6.45, 7) is 6.42. The zero-order chi connectivity index (χ0) is 20.8. The average molecular weight is 392 g/mol. The number of benzene rings is 2. The molecule has 0 aromatic heterocycles. The predicted octanol–water partition coefficient (Wildman–Crippen LogP) is 3.86. The molecule has 1 heterocycles. The van der Waals surface area contributed by atoms with Gasteiger partial charge in [-0.05, 0) is 36.2 Å². The van der Waals surface area contributed by atoms with Crippen LogP contribution in [-0.2, 0) is 9.59 Å². The molecule has 0 unspecified atom stereocenters. The number of amides is 2. The van der Waals surface area contributed by atoms with Crippen LogP contribution in [0.15, 0.2) is 66.9 Å². The lowest BCUT2D eigenvalue weighted by Crippen LogP contribution is -2.32. The molecule has 0 saturated heterocycles. The van der Waals surface area contributed by atoms with Crippen LogP contribution in [0.1, 0.15) is 18.9 Å². The Morgan fingerprint density at radius 2 is 1.83 bits per heavy atom. The Labute approximate surface area is 170 Å². The smallest absolute Gasteiger partial charge is 0.278 e. The first-order chi connectivity index (χ1) is 14.1. The van der Waals surface area contributed by atoms with Crippen molar-refractivity contribution in [2.75, 3.05) is 25.6 Å². The van der Waals surface area contributed by atoms with Gasteiger partial charge in [0.05, 0.1) is 19.3 Å². The van der Waals surface area contributed by atoms with Crippen molar-refractivity contribution < 1.29 is 19.1 Å². The molecule has 0 bridgehead atoms. The van der Waals surface area contributed by atoms with Gasteiger partial charge in [0.1, 0.15) is 17.2 Å². The molecule has 2 aromatic carbocycles. The summed E-state index contributed by atoms with van der Waals surface area (Å²) >= 11 is 0. The van der Waals surface area contributed by atoms with E-state index in [2.05, 4.69) is 11.9 Å². The monoisotopic (exact) mass is 392 g/mol. The Bertz CT molecular complexity index is 948. The molecule has 6 heteroatoms. The quantitative estimate of drug-likeness (QED) is 0.518. The van der Waals surface area contributed by atoms with Gasteiger partial charge in [0.2, 0.25) is 0 Å². The number of methoxy groups -OCH3 is 1. The second-order valence-corrected chi connectivity index (χ2v) is 6.49. The van der Waals surface area contributed by atoms with E-state index in [9.17, 15) is 9.59 Å². The molecular formula is C23H24N2O4. The maximum Gasteiger partial charge on any atom is 0.278 e. The lowest BCUT2D eigenvalue weighted by molar-refractivity contribution is -0.136. The number of imide groups is 1. The number of nitrogens with zero attached hydrogens (tertiary/aromatic N) is 1. The largest absolute Gasteiger partial charge is 0.497 e. The highest BCUT2D eigenvalue weighted by molar-refractivity contribution is 6.36. The molecule has 1 aliphatic heterocycles. The lowest BCUT2D eigenvalue weighted by Gasteiger charge is -2.13. The van der Waals surface area contributed by atoms with E-state index < -0.39 is 0 Å². The highest BCUT2D eigenvalue weighted by Gasteiger charge is 2.38. The molecule has 1 aliphatic rings. The number of rotatable bonds is 9. The van der Waals surface area contributed by atoms with Gasteiger partial charge in [-0.2, -0.15) is 0 Å². The van der Waals surface area contributed by atoms with E-state index in [1.54, 1.807) is 31.4 Å². The summed E-state index contributed by atoms with van der Waals surface area (Å²) in [7, 11) is 1.57. The Balaban J connectivity index is 1.99. The van der Waals surface area contributed by atoms with Crippen LogP contribution in [0.3, 0.4) is 0 Å². The summed E-state index contributed by atoms with van der Waals surface area (Å²) in [6.07, 6.45) is 2.43. The molecule has 0 aliphatic carbocycles. The predicted molar refractivity (Wildman–Crippen MR) is 113 cm³/mol. The van der Waals surface area contributed by atoms with E-state index >= 15 is 0 Å². The van der Waals surface area contributed by atoms with Crippen LogP contribution >= 0.6 is 0 Å². The zero-order valence-corrected chi connectivity index (χ0v) is 16.6. The Morgan fingerprint density at radius 3 is 2.48 bits per heavy atom. The number of hydrogen-bond acceptors (Lipinski definition) is 5. The summed E-state index contributed by atoms with van der Waals surface area (Å²) in [5, 5.41) is 3.13. The van der Waals surface area contributed by atoms with Gasteiger partial charge in [-0.3, -0.25) is 14.5 Å². The van der Waals surface area contributed by atoms with Crippen LogP contribution in [0.2, 0.25) is 0 Å². The van der Waals surface area contributed by atoms with Crippen molar-refractivity contribution in [3.8, 4) is 11.5 Å². The molecule has 1 N–H and O–H groups in total. The summed E-state index contributed by atoms with van der Waals surface area (Å²) < 4.78 is 10.8. The van der Waals surface area contributed by atoms with E-state index in [0.29, 0.717) is 34.9 Å². The fourth-order valence-corrected chi connectivity index (χ4v) is 3.04. The van der Waals surface area contributed by atoms with Gasteiger partial charge in [0.15, 0.2) is 0 Å². The number of carbonyl (C=O) groups is 2. The van der Waals surface area contributed by atoms with Crippen molar-refractivity contribution in [1.82, 2.24) is 4.90 Å². The van der Waals surface area contributed by atoms with Gasteiger partial charge in [-0.1, -0.05) is 31.2 Å². The number of anilines is 1. The van der Waals surface area contributed by atoms with Crippen LogP contribution in [0, 0.1) is 0 Å². The SMILES string of the molecule is C=CCN1C(=O)C(Nc2cccc(OCCC)c2)=C(c2ccc(OC)cc2)C1=O. The normalized spacial score (nSPS) is 13.7. The van der Waals surface area contributed by atoms with Crippen molar-refractivity contribution in [1.29, 1.82) is 0 Å². The molecule has 0 radical (unpaired) electrons. The minimum absolute atomic E-state index is 0.141. The molecule has 3 rings (SSSR count). The molecule has 0 atom stereocenters. The summed E-state index contributed by atoms with van der Waals surface area (Å²) in [4.78, 5) is 27.1. The molecule has 29 heavy (non-hydrogen) atoms. The first-order valence-corrected chi connectivity index (χ1v) is 9.44. The van der Waals surface area contributed by atoms with Crippen LogP contribution < -0.4 is 14.8 Å². The van der Waals surface area contributed by atoms with Gasteiger partial charge in [0.25, 0.3) is 11.8 Å². The number of nitrogens with one attached hydrogen (secondary N) is 1. The zero-order valence-electron chi connectivity index (χ0n) is 16.6. The summed E-state index contributed by atoms with van der Waals surface area (Å²) in [5.41, 5.74) is 1.85. The maximum atomic E-state index is 13.0. The molecule has 150 valence electrons. The third-order valence-electron chi connectivity index (χ3n) is 4.43. The van der Waals surface area contributed by atoms with E-state index in [4.69, 9.17) is 9.47 Å². The number of carbonyl (C=O) groups excluding carboxylic acids is 2. The van der Waals surface area contributed by atoms with Gasteiger partial charge < -0.3 is 14.8 Å². The molecule has 2 amide bonds. The van der Waals surface area contributed by atoms with Gasteiger partial charge in [-0.25, -0.2) is 0 Å². The minimum Gasteiger partial charge on any atom is -0.497 e. The first-order valence-electron chi connectivity index (χ1n) is 9.44. The molecule has 0 saturated carbocycles. The Morgan fingerprint density at radius 1 is 1.07 bits per heavy atom. The van der Waals surface area contributed by atoms with Crippen molar-refractivity contribution >= 4 is 23.1 Å². The first kappa shape index (κ1) is 20.2. The fourth-order valence-electron chi connectivity index (χ4n) is 3.04. The highest BCUT2D eigenvalue weighted by atomic mass is 16.5. The molecule has 0 fully saturated rings. The Hall–Kier alpha value is -3.54. The van der Waals surface area contributed by atoms with Crippen molar-refractivity contribution in [2.45, 2.75) is 13.3 Å². The minimum atomic E-state index is -0.388. The van der Waals surface area contributed by atoms with Gasteiger partial charge in [-0.15, -0.1) is 6.58 Å². The highest BCUT2D eigenvalue weighted by Crippen LogP contribution is 2.32. The Kier molecular flexibility index (Phi) is 6.34. The number of hydrogen-bond donors (Lipinski definition) is 1. The van der Waals surface area contributed by atoms with E-state index in [1.807, 2.05) is 31.2 Å². The fraction of sp³-hybridized carbons (Fsp3) is 0.217. The van der Waals surface area contributed by atoms with E-state index in [0.717, 1.165) is 6.42 Å². The van der Waals surface area contributed by atoms with Gasteiger partial charge >= 0.3 is 0 Å². The molecule has 6 nitrogen and oxygen atoms in total. The van der Waals surface area contributed by atoms with Crippen LogP contribution in [0.4, 0.5) is 5.69 Å². The van der Waals surface area contributed by atoms with Crippen LogP contribution in [-0.4, -0.2) is 37.0 Å². The molecule has 0 spiro atoms. The molecule has 2 aromatic rings. The number of ether oxygens (including phenoxy) is 2.